The fraction of sp³-hybridized carbons (Fsp3) is 0.484. The van der Waals surface area contributed by atoms with Crippen molar-refractivity contribution in [2.45, 2.75) is 64.2 Å². The number of nitrogens with one attached hydrogen (secondary N) is 7. The monoisotopic (exact) mass is 611 g/mol. The second-order valence-corrected chi connectivity index (χ2v) is 11.0. The lowest BCUT2D eigenvalue weighted by atomic mass is 10.0. The van der Waals surface area contributed by atoms with E-state index in [4.69, 9.17) is 11.5 Å². The van der Waals surface area contributed by atoms with Crippen LogP contribution in [0, 0.1) is 5.92 Å². The van der Waals surface area contributed by atoms with Gasteiger partial charge in [0.05, 0.1) is 12.1 Å². The molecule has 3 atom stereocenters. The van der Waals surface area contributed by atoms with E-state index in [1.807, 2.05) is 74.5 Å². The van der Waals surface area contributed by atoms with Gasteiger partial charge in [0.2, 0.25) is 0 Å². The average Bonchev–Trinajstić information content (AvgIpc) is 3.00. The van der Waals surface area contributed by atoms with Crippen LogP contribution in [0.5, 0.6) is 0 Å². The maximum Gasteiger partial charge on any atom is 0.315 e. The number of hydrogen-bond acceptors (Lipinski definition) is 5. The van der Waals surface area contributed by atoms with Crippen molar-refractivity contribution < 1.29 is 19.2 Å². The molecular formula is C31H49N9O4. The van der Waals surface area contributed by atoms with Crippen LogP contribution in [0.3, 0.4) is 0 Å². The summed E-state index contributed by atoms with van der Waals surface area (Å²) in [4.78, 5) is 49.3. The van der Waals surface area contributed by atoms with Gasteiger partial charge in [-0.05, 0) is 42.9 Å². The molecule has 13 heteroatoms. The molecule has 0 aliphatic rings. The van der Waals surface area contributed by atoms with E-state index in [9.17, 15) is 19.2 Å². The smallest absolute Gasteiger partial charge is 0.315 e. The lowest BCUT2D eigenvalue weighted by Crippen LogP contribution is -2.55. The number of urea groups is 4. The number of rotatable bonds is 18. The van der Waals surface area contributed by atoms with Crippen molar-refractivity contribution in [3.8, 4) is 0 Å². The van der Waals surface area contributed by atoms with Crippen molar-refractivity contribution >= 4 is 24.1 Å². The maximum atomic E-state index is 12.8. The Kier molecular flexibility index (Phi) is 16.5. The van der Waals surface area contributed by atoms with Gasteiger partial charge in [-0.2, -0.15) is 0 Å². The Hall–Kier alpha value is -4.52. The third kappa shape index (κ3) is 15.6. The summed E-state index contributed by atoms with van der Waals surface area (Å²) in [6.07, 6.45) is 2.73. The number of nitrogens with two attached hydrogens (primary N) is 2. The molecule has 0 saturated carbocycles. The summed E-state index contributed by atoms with van der Waals surface area (Å²) in [5, 5.41) is 19.7. The Morgan fingerprint density at radius 1 is 0.659 bits per heavy atom. The molecule has 0 heterocycles. The van der Waals surface area contributed by atoms with Gasteiger partial charge in [0.1, 0.15) is 0 Å². The molecule has 44 heavy (non-hydrogen) atoms. The molecule has 0 aliphatic heterocycles. The molecule has 0 bridgehead atoms. The number of primary amides is 1. The number of carbonyl (C=O) groups is 4. The summed E-state index contributed by atoms with van der Waals surface area (Å²) >= 11 is 0. The van der Waals surface area contributed by atoms with Crippen LogP contribution >= 0.6 is 0 Å². The molecule has 0 saturated heterocycles. The molecule has 3 unspecified atom stereocenters. The van der Waals surface area contributed by atoms with Crippen LogP contribution in [-0.2, 0) is 13.0 Å². The molecule has 0 spiro atoms. The Labute approximate surface area is 260 Å². The predicted molar refractivity (Wildman–Crippen MR) is 172 cm³/mol. The summed E-state index contributed by atoms with van der Waals surface area (Å²) in [5.41, 5.74) is 12.9. The van der Waals surface area contributed by atoms with Crippen LogP contribution in [0.2, 0.25) is 0 Å². The van der Waals surface area contributed by atoms with E-state index in [1.54, 1.807) is 0 Å². The molecule has 11 N–H and O–H groups in total. The predicted octanol–water partition coefficient (Wildman–Crippen LogP) is 1.89. The molecule has 0 aliphatic carbocycles. The first-order valence-corrected chi connectivity index (χ1v) is 15.1. The van der Waals surface area contributed by atoms with E-state index in [2.05, 4.69) is 37.2 Å². The Bertz CT molecular complexity index is 1140. The van der Waals surface area contributed by atoms with Crippen LogP contribution in [0.25, 0.3) is 0 Å². The number of hydrogen-bond donors (Lipinski definition) is 9. The van der Waals surface area contributed by atoms with Gasteiger partial charge in [0.15, 0.2) is 0 Å². The standard InChI is InChI=1S/C31H49N9O4/c1-22(2)27(40-31(44)36-20-26(38-28(33)41)17-23-11-5-3-6-12-23)21-37-30(43)39-25(15-9-10-16-32)19-35-29(42)34-18-24-13-7-4-8-14-24/h3-8,11-14,22,25-27H,9-10,15-21,32H2,1-2H3,(H3,33,38,41)(H2,34,35,42)(H2,36,40,44)(H2,37,39,43). The minimum absolute atomic E-state index is 0.0141. The van der Waals surface area contributed by atoms with Crippen molar-refractivity contribution in [1.82, 2.24) is 37.2 Å². The zero-order valence-electron chi connectivity index (χ0n) is 25.7. The molecule has 2 aromatic carbocycles. The Morgan fingerprint density at radius 2 is 1.23 bits per heavy atom. The first-order valence-electron chi connectivity index (χ1n) is 15.1. The third-order valence-corrected chi connectivity index (χ3v) is 6.93. The molecule has 0 fully saturated rings. The van der Waals surface area contributed by atoms with Crippen LogP contribution in [0.1, 0.15) is 44.2 Å². The van der Waals surface area contributed by atoms with E-state index in [-0.39, 0.29) is 43.7 Å². The van der Waals surface area contributed by atoms with Crippen molar-refractivity contribution in [2.24, 2.45) is 17.4 Å². The van der Waals surface area contributed by atoms with Gasteiger partial charge in [-0.25, -0.2) is 19.2 Å². The van der Waals surface area contributed by atoms with Crippen LogP contribution in [0.4, 0.5) is 19.2 Å². The highest BCUT2D eigenvalue weighted by molar-refractivity contribution is 5.76. The zero-order valence-corrected chi connectivity index (χ0v) is 25.7. The minimum atomic E-state index is -0.673. The fourth-order valence-corrected chi connectivity index (χ4v) is 4.42. The second-order valence-electron chi connectivity index (χ2n) is 11.0. The van der Waals surface area contributed by atoms with Crippen molar-refractivity contribution in [3.05, 3.63) is 71.8 Å². The second kappa shape index (κ2) is 20.4. The maximum absolute atomic E-state index is 12.8. The highest BCUT2D eigenvalue weighted by atomic mass is 16.2. The van der Waals surface area contributed by atoms with Crippen molar-refractivity contribution in [3.63, 3.8) is 0 Å². The number of benzene rings is 2. The summed E-state index contributed by atoms with van der Waals surface area (Å²) in [7, 11) is 0. The van der Waals surface area contributed by atoms with Crippen molar-refractivity contribution in [1.29, 1.82) is 0 Å². The summed E-state index contributed by atoms with van der Waals surface area (Å²) in [5.74, 6) is 0.0141. The molecule has 13 nitrogen and oxygen atoms in total. The van der Waals surface area contributed by atoms with E-state index in [1.165, 1.54) is 0 Å². The Balaban J connectivity index is 1.82. The first kappa shape index (κ1) is 35.7. The molecule has 0 aromatic heterocycles. The number of carbonyl (C=O) groups excluding carboxylic acids is 4. The quantitative estimate of drug-likeness (QED) is 0.116. The topological polar surface area (TPSA) is 205 Å². The molecule has 242 valence electrons. The van der Waals surface area contributed by atoms with Crippen LogP contribution in [0.15, 0.2) is 60.7 Å². The van der Waals surface area contributed by atoms with E-state index >= 15 is 0 Å². The fourth-order valence-electron chi connectivity index (χ4n) is 4.42. The average molecular weight is 612 g/mol. The van der Waals surface area contributed by atoms with Gasteiger partial charge in [-0.3, -0.25) is 0 Å². The zero-order chi connectivity index (χ0) is 32.2. The van der Waals surface area contributed by atoms with Gasteiger partial charge in [-0.15, -0.1) is 0 Å². The summed E-state index contributed by atoms with van der Waals surface area (Å²) < 4.78 is 0. The Morgan fingerprint density at radius 3 is 1.84 bits per heavy atom. The highest BCUT2D eigenvalue weighted by Crippen LogP contribution is 2.04. The van der Waals surface area contributed by atoms with E-state index in [0.29, 0.717) is 25.9 Å². The van der Waals surface area contributed by atoms with Gasteiger partial charge < -0.3 is 48.7 Å². The highest BCUT2D eigenvalue weighted by Gasteiger charge is 2.20. The molecule has 0 radical (unpaired) electrons. The third-order valence-electron chi connectivity index (χ3n) is 6.93. The number of amides is 8. The van der Waals surface area contributed by atoms with E-state index in [0.717, 1.165) is 24.0 Å². The molecule has 2 aromatic rings. The summed E-state index contributed by atoms with van der Waals surface area (Å²) in [6.45, 7) is 5.40. The molecular weight excluding hydrogens is 562 g/mol. The van der Waals surface area contributed by atoms with Gasteiger partial charge in [-0.1, -0.05) is 80.9 Å². The normalized spacial score (nSPS) is 12.7. The van der Waals surface area contributed by atoms with Gasteiger partial charge in [0.25, 0.3) is 0 Å². The summed E-state index contributed by atoms with van der Waals surface area (Å²) in [6, 6.07) is 16.2. The lowest BCUT2D eigenvalue weighted by Gasteiger charge is -2.25. The SMILES string of the molecule is CC(C)C(CNC(=O)NC(CCCCN)CNC(=O)NCc1ccccc1)NC(=O)NCC(Cc1ccccc1)NC(N)=O. The first-order chi connectivity index (χ1) is 21.2. The van der Waals surface area contributed by atoms with Crippen molar-refractivity contribution in [2.75, 3.05) is 26.2 Å². The largest absolute Gasteiger partial charge is 0.352 e. The molecule has 8 amide bonds. The van der Waals surface area contributed by atoms with Gasteiger partial charge in [0, 0.05) is 32.2 Å². The number of unbranched alkanes of at least 4 members (excludes halogenated alkanes) is 1. The lowest BCUT2D eigenvalue weighted by molar-refractivity contribution is 0.223. The van der Waals surface area contributed by atoms with Crippen LogP contribution in [-0.4, -0.2) is 68.4 Å². The van der Waals surface area contributed by atoms with Crippen LogP contribution < -0.4 is 48.7 Å². The van der Waals surface area contributed by atoms with Gasteiger partial charge >= 0.3 is 24.1 Å². The van der Waals surface area contributed by atoms with E-state index < -0.39 is 24.1 Å². The molecule has 2 rings (SSSR count). The minimum Gasteiger partial charge on any atom is -0.352 e.